The number of halogens is 1. The molecule has 3 rings (SSSR count). The second-order valence-corrected chi connectivity index (χ2v) is 6.96. The molecular formula is C19H17ClN4O2S. The number of para-hydroxylation sites is 3. The molecule has 8 heteroatoms. The zero-order chi connectivity index (χ0) is 19.2. The Morgan fingerprint density at radius 1 is 1.04 bits per heavy atom. The van der Waals surface area contributed by atoms with E-state index < -0.39 is 11.9 Å². The van der Waals surface area contributed by atoms with Gasteiger partial charge in [0.15, 0.2) is 0 Å². The molecular weight excluding hydrogens is 384 g/mol. The van der Waals surface area contributed by atoms with E-state index in [1.807, 2.05) is 31.2 Å². The van der Waals surface area contributed by atoms with E-state index in [0.717, 1.165) is 16.7 Å². The van der Waals surface area contributed by atoms with Crippen LogP contribution in [0.4, 0.5) is 10.5 Å². The third kappa shape index (κ3) is 4.96. The lowest BCUT2D eigenvalue weighted by Gasteiger charge is -2.09. The highest BCUT2D eigenvalue weighted by Crippen LogP contribution is 2.23. The van der Waals surface area contributed by atoms with Gasteiger partial charge in [-0.05, 0) is 30.7 Å². The summed E-state index contributed by atoms with van der Waals surface area (Å²) in [7, 11) is 0. The summed E-state index contributed by atoms with van der Waals surface area (Å²) in [5, 5.41) is 5.92. The van der Waals surface area contributed by atoms with Crippen LogP contribution in [0.25, 0.3) is 11.0 Å². The molecule has 0 spiro atoms. The number of rotatable bonds is 5. The standard InChI is InChI=1S/C19H17ClN4O2S/c1-2-13-18(22-16-10-6-5-9-15(16)21-13)27-11-17(25)24-19(26)23-14-8-4-3-7-12(14)20/h3-10H,2,11H2,1H3,(H2,23,24,25,26). The number of carbonyl (C=O) groups is 2. The van der Waals surface area contributed by atoms with Gasteiger partial charge >= 0.3 is 6.03 Å². The number of nitrogens with one attached hydrogen (secondary N) is 2. The van der Waals surface area contributed by atoms with E-state index in [2.05, 4.69) is 20.6 Å². The fourth-order valence-corrected chi connectivity index (χ4v) is 3.42. The largest absolute Gasteiger partial charge is 0.325 e. The van der Waals surface area contributed by atoms with Crippen molar-refractivity contribution in [3.05, 3.63) is 59.2 Å². The first-order chi connectivity index (χ1) is 13.1. The second-order valence-electron chi connectivity index (χ2n) is 5.59. The first-order valence-corrected chi connectivity index (χ1v) is 9.67. The van der Waals surface area contributed by atoms with Crippen LogP contribution in [-0.2, 0) is 11.2 Å². The number of aromatic nitrogens is 2. The lowest BCUT2D eigenvalue weighted by atomic mass is 10.3. The molecule has 1 heterocycles. The Bertz CT molecular complexity index is 996. The van der Waals surface area contributed by atoms with Crippen molar-refractivity contribution in [3.8, 4) is 0 Å². The Morgan fingerprint density at radius 2 is 1.70 bits per heavy atom. The van der Waals surface area contributed by atoms with Crippen LogP contribution in [0.3, 0.4) is 0 Å². The molecule has 6 nitrogen and oxygen atoms in total. The Hall–Kier alpha value is -2.64. The number of imide groups is 1. The van der Waals surface area contributed by atoms with E-state index in [-0.39, 0.29) is 5.75 Å². The Balaban J connectivity index is 1.61. The molecule has 27 heavy (non-hydrogen) atoms. The molecule has 3 aromatic rings. The first kappa shape index (κ1) is 19.1. The highest BCUT2D eigenvalue weighted by molar-refractivity contribution is 7.99. The summed E-state index contributed by atoms with van der Waals surface area (Å²) in [6.45, 7) is 1.99. The van der Waals surface area contributed by atoms with Gasteiger partial charge in [-0.15, -0.1) is 0 Å². The van der Waals surface area contributed by atoms with Crippen LogP contribution in [0.5, 0.6) is 0 Å². The smallest absolute Gasteiger partial charge is 0.306 e. The number of urea groups is 1. The minimum atomic E-state index is -0.631. The SMILES string of the molecule is CCc1nc2ccccc2nc1SCC(=O)NC(=O)Nc1ccccc1Cl. The van der Waals surface area contributed by atoms with Crippen molar-refractivity contribution in [2.75, 3.05) is 11.1 Å². The number of hydrogen-bond acceptors (Lipinski definition) is 5. The summed E-state index contributed by atoms with van der Waals surface area (Å²) in [5.74, 6) is -0.378. The number of aryl methyl sites for hydroxylation is 1. The molecule has 0 bridgehead atoms. The van der Waals surface area contributed by atoms with Crippen LogP contribution < -0.4 is 10.6 Å². The van der Waals surface area contributed by atoms with Crippen molar-refractivity contribution in [3.63, 3.8) is 0 Å². The third-order valence-corrected chi connectivity index (χ3v) is 4.99. The quantitative estimate of drug-likeness (QED) is 0.624. The molecule has 0 saturated heterocycles. The number of benzene rings is 2. The van der Waals surface area contributed by atoms with Gasteiger partial charge in [0, 0.05) is 0 Å². The zero-order valence-corrected chi connectivity index (χ0v) is 16.1. The first-order valence-electron chi connectivity index (χ1n) is 8.30. The van der Waals surface area contributed by atoms with Gasteiger partial charge in [0.2, 0.25) is 5.91 Å². The van der Waals surface area contributed by atoms with Crippen LogP contribution in [0.15, 0.2) is 53.6 Å². The van der Waals surface area contributed by atoms with Crippen LogP contribution >= 0.6 is 23.4 Å². The lowest BCUT2D eigenvalue weighted by molar-refractivity contribution is -0.117. The molecule has 2 N–H and O–H groups in total. The van der Waals surface area contributed by atoms with Gasteiger partial charge in [0.25, 0.3) is 0 Å². The molecule has 1 aromatic heterocycles. The number of hydrogen-bond donors (Lipinski definition) is 2. The lowest BCUT2D eigenvalue weighted by Crippen LogP contribution is -2.35. The molecule has 0 aliphatic carbocycles. The summed E-state index contributed by atoms with van der Waals surface area (Å²) in [5.41, 5.74) is 2.86. The van der Waals surface area contributed by atoms with Crippen molar-refractivity contribution in [2.24, 2.45) is 0 Å². The van der Waals surface area contributed by atoms with E-state index in [1.54, 1.807) is 24.3 Å². The molecule has 0 unspecified atom stereocenters. The molecule has 0 radical (unpaired) electrons. The van der Waals surface area contributed by atoms with Crippen LogP contribution in [0, 0.1) is 0 Å². The molecule has 0 saturated carbocycles. The van der Waals surface area contributed by atoms with Gasteiger partial charge < -0.3 is 5.32 Å². The van der Waals surface area contributed by atoms with Crippen LogP contribution in [-0.4, -0.2) is 27.7 Å². The number of fused-ring (bicyclic) bond motifs is 1. The zero-order valence-electron chi connectivity index (χ0n) is 14.5. The fourth-order valence-electron chi connectivity index (χ4n) is 2.38. The number of nitrogens with zero attached hydrogens (tertiary/aromatic N) is 2. The maximum absolute atomic E-state index is 12.1. The molecule has 0 aliphatic heterocycles. The molecule has 2 aromatic carbocycles. The number of thioether (sulfide) groups is 1. The highest BCUT2D eigenvalue weighted by atomic mass is 35.5. The van der Waals surface area contributed by atoms with Crippen molar-refractivity contribution in [1.82, 2.24) is 15.3 Å². The summed E-state index contributed by atoms with van der Waals surface area (Å²) in [4.78, 5) is 33.2. The third-order valence-electron chi connectivity index (χ3n) is 3.66. The van der Waals surface area contributed by atoms with Gasteiger partial charge in [-0.1, -0.05) is 54.6 Å². The predicted molar refractivity (Wildman–Crippen MR) is 108 cm³/mol. The topological polar surface area (TPSA) is 84.0 Å². The van der Waals surface area contributed by atoms with Gasteiger partial charge in [0.1, 0.15) is 5.03 Å². The summed E-state index contributed by atoms with van der Waals surface area (Å²) < 4.78 is 0. The van der Waals surface area contributed by atoms with E-state index in [4.69, 9.17) is 11.6 Å². The van der Waals surface area contributed by atoms with E-state index >= 15 is 0 Å². The molecule has 0 fully saturated rings. The molecule has 3 amide bonds. The maximum Gasteiger partial charge on any atom is 0.325 e. The Kier molecular flexibility index (Phi) is 6.26. The Labute approximate surface area is 165 Å². The van der Waals surface area contributed by atoms with Crippen molar-refractivity contribution < 1.29 is 9.59 Å². The van der Waals surface area contributed by atoms with E-state index in [9.17, 15) is 9.59 Å². The van der Waals surface area contributed by atoms with Crippen molar-refractivity contribution in [2.45, 2.75) is 18.4 Å². The molecule has 0 aliphatic rings. The number of amides is 3. The summed E-state index contributed by atoms with van der Waals surface area (Å²) in [6.07, 6.45) is 0.703. The Morgan fingerprint density at radius 3 is 2.41 bits per heavy atom. The molecule has 0 atom stereocenters. The molecule has 138 valence electrons. The minimum Gasteiger partial charge on any atom is -0.306 e. The van der Waals surface area contributed by atoms with Crippen LogP contribution in [0.1, 0.15) is 12.6 Å². The average Bonchev–Trinajstić information content (AvgIpc) is 2.67. The van der Waals surface area contributed by atoms with Gasteiger partial charge in [-0.2, -0.15) is 0 Å². The normalized spacial score (nSPS) is 10.6. The van der Waals surface area contributed by atoms with Crippen LogP contribution in [0.2, 0.25) is 5.02 Å². The fraction of sp³-hybridized carbons (Fsp3) is 0.158. The predicted octanol–water partition coefficient (Wildman–Crippen LogP) is 4.29. The van der Waals surface area contributed by atoms with E-state index in [1.165, 1.54) is 11.8 Å². The van der Waals surface area contributed by atoms with Crippen molar-refractivity contribution in [1.29, 1.82) is 0 Å². The monoisotopic (exact) mass is 400 g/mol. The average molecular weight is 401 g/mol. The number of anilines is 1. The maximum atomic E-state index is 12.1. The van der Waals surface area contributed by atoms with Gasteiger partial charge in [-0.25, -0.2) is 14.8 Å². The van der Waals surface area contributed by atoms with E-state index in [0.29, 0.717) is 22.2 Å². The van der Waals surface area contributed by atoms with Gasteiger partial charge in [0.05, 0.1) is 33.2 Å². The summed E-state index contributed by atoms with van der Waals surface area (Å²) in [6, 6.07) is 13.8. The minimum absolute atomic E-state index is 0.0515. The second kappa shape index (κ2) is 8.83. The number of carbonyl (C=O) groups excluding carboxylic acids is 2. The van der Waals surface area contributed by atoms with Gasteiger partial charge in [-0.3, -0.25) is 10.1 Å². The summed E-state index contributed by atoms with van der Waals surface area (Å²) >= 11 is 7.23. The van der Waals surface area contributed by atoms with Crippen molar-refractivity contribution >= 4 is 52.0 Å². The highest BCUT2D eigenvalue weighted by Gasteiger charge is 2.13.